The summed E-state index contributed by atoms with van der Waals surface area (Å²) in [5, 5.41) is 9.11. The average molecular weight is 319 g/mol. The SMILES string of the molecule is CC/C(=N\NC(=O)Cn1nc(C)cc1C)c1cccc(Cl)c1. The fourth-order valence-electron chi connectivity index (χ4n) is 2.15. The number of amides is 1. The summed E-state index contributed by atoms with van der Waals surface area (Å²) in [6.45, 7) is 5.94. The second kappa shape index (κ2) is 7.22. The topological polar surface area (TPSA) is 59.3 Å². The molecule has 0 aliphatic rings. The minimum absolute atomic E-state index is 0.149. The molecular formula is C16H19ClN4O. The van der Waals surface area contributed by atoms with Crippen LogP contribution in [-0.2, 0) is 11.3 Å². The smallest absolute Gasteiger partial charge is 0.261 e. The maximum atomic E-state index is 12.0. The van der Waals surface area contributed by atoms with E-state index in [0.29, 0.717) is 11.4 Å². The molecule has 1 heterocycles. The third-order valence-electron chi connectivity index (χ3n) is 3.21. The molecule has 5 nitrogen and oxygen atoms in total. The van der Waals surface area contributed by atoms with Crippen LogP contribution >= 0.6 is 11.6 Å². The lowest BCUT2D eigenvalue weighted by molar-refractivity contribution is -0.121. The summed E-state index contributed by atoms with van der Waals surface area (Å²) >= 11 is 5.98. The van der Waals surface area contributed by atoms with Crippen molar-refractivity contribution in [2.75, 3.05) is 0 Å². The highest BCUT2D eigenvalue weighted by molar-refractivity contribution is 6.31. The fourth-order valence-corrected chi connectivity index (χ4v) is 2.34. The molecule has 0 aliphatic carbocycles. The van der Waals surface area contributed by atoms with Gasteiger partial charge in [-0.3, -0.25) is 9.48 Å². The Morgan fingerprint density at radius 3 is 2.73 bits per heavy atom. The third kappa shape index (κ3) is 4.18. The zero-order chi connectivity index (χ0) is 16.1. The lowest BCUT2D eigenvalue weighted by atomic mass is 10.1. The van der Waals surface area contributed by atoms with Crippen molar-refractivity contribution in [3.05, 3.63) is 52.3 Å². The number of benzene rings is 1. The molecule has 1 amide bonds. The molecule has 0 fully saturated rings. The molecule has 0 aliphatic heterocycles. The third-order valence-corrected chi connectivity index (χ3v) is 3.44. The number of nitrogens with zero attached hydrogens (tertiary/aromatic N) is 3. The summed E-state index contributed by atoms with van der Waals surface area (Å²) in [5.74, 6) is -0.209. The van der Waals surface area contributed by atoms with Gasteiger partial charge < -0.3 is 0 Å². The summed E-state index contributed by atoms with van der Waals surface area (Å²) in [6.07, 6.45) is 0.695. The van der Waals surface area contributed by atoms with Crippen molar-refractivity contribution in [3.8, 4) is 0 Å². The Balaban J connectivity index is 2.05. The molecule has 22 heavy (non-hydrogen) atoms. The first-order valence-corrected chi connectivity index (χ1v) is 7.49. The van der Waals surface area contributed by atoms with E-state index in [1.165, 1.54) is 0 Å². The van der Waals surface area contributed by atoms with Crippen molar-refractivity contribution in [3.63, 3.8) is 0 Å². The lowest BCUT2D eigenvalue weighted by Gasteiger charge is -2.07. The van der Waals surface area contributed by atoms with Gasteiger partial charge >= 0.3 is 0 Å². The summed E-state index contributed by atoms with van der Waals surface area (Å²) in [5.41, 5.74) is 6.10. The molecule has 0 unspecified atom stereocenters. The van der Waals surface area contributed by atoms with Crippen molar-refractivity contribution in [2.24, 2.45) is 5.10 Å². The van der Waals surface area contributed by atoms with Gasteiger partial charge in [-0.25, -0.2) is 5.43 Å². The number of halogens is 1. The minimum Gasteiger partial charge on any atom is -0.271 e. The molecular weight excluding hydrogens is 300 g/mol. The maximum Gasteiger partial charge on any atom is 0.261 e. The number of carbonyl (C=O) groups excluding carboxylic acids is 1. The van der Waals surface area contributed by atoms with Gasteiger partial charge in [-0.1, -0.05) is 30.7 Å². The number of aryl methyl sites for hydroxylation is 2. The van der Waals surface area contributed by atoms with E-state index in [1.807, 2.05) is 45.0 Å². The molecule has 0 atom stereocenters. The van der Waals surface area contributed by atoms with E-state index in [0.717, 1.165) is 22.7 Å². The van der Waals surface area contributed by atoms with Gasteiger partial charge in [0.2, 0.25) is 0 Å². The standard InChI is InChI=1S/C16H19ClN4O/c1-4-15(13-6-5-7-14(17)9-13)18-19-16(22)10-21-12(3)8-11(2)20-21/h5-9H,4,10H2,1-3H3,(H,19,22)/b18-15+. The van der Waals surface area contributed by atoms with Crippen LogP contribution in [0.15, 0.2) is 35.4 Å². The number of hydrazone groups is 1. The number of carbonyl (C=O) groups is 1. The molecule has 1 N–H and O–H groups in total. The quantitative estimate of drug-likeness (QED) is 0.680. The van der Waals surface area contributed by atoms with Gasteiger partial charge in [0.1, 0.15) is 6.54 Å². The summed E-state index contributed by atoms with van der Waals surface area (Å²) < 4.78 is 1.66. The van der Waals surface area contributed by atoms with Gasteiger partial charge in [0.05, 0.1) is 11.4 Å². The van der Waals surface area contributed by atoms with Crippen LogP contribution in [0.4, 0.5) is 0 Å². The van der Waals surface area contributed by atoms with Gasteiger partial charge in [-0.2, -0.15) is 10.2 Å². The van der Waals surface area contributed by atoms with E-state index in [2.05, 4.69) is 15.6 Å². The van der Waals surface area contributed by atoms with E-state index >= 15 is 0 Å². The number of hydrogen-bond donors (Lipinski definition) is 1. The number of hydrogen-bond acceptors (Lipinski definition) is 3. The molecule has 0 spiro atoms. The first-order valence-electron chi connectivity index (χ1n) is 7.12. The fraction of sp³-hybridized carbons (Fsp3) is 0.312. The molecule has 0 bridgehead atoms. The average Bonchev–Trinajstić information content (AvgIpc) is 2.77. The first-order chi connectivity index (χ1) is 10.5. The van der Waals surface area contributed by atoms with Crippen molar-refractivity contribution >= 4 is 23.2 Å². The Bertz CT molecular complexity index is 706. The largest absolute Gasteiger partial charge is 0.271 e. The van der Waals surface area contributed by atoms with Crippen molar-refractivity contribution in [1.82, 2.24) is 15.2 Å². The van der Waals surface area contributed by atoms with Gasteiger partial charge in [-0.15, -0.1) is 0 Å². The van der Waals surface area contributed by atoms with Crippen LogP contribution in [-0.4, -0.2) is 21.4 Å². The maximum absolute atomic E-state index is 12.0. The van der Waals surface area contributed by atoms with Crippen LogP contribution in [0.3, 0.4) is 0 Å². The van der Waals surface area contributed by atoms with Gasteiger partial charge in [0.25, 0.3) is 5.91 Å². The molecule has 1 aromatic heterocycles. The van der Waals surface area contributed by atoms with E-state index in [4.69, 9.17) is 11.6 Å². The Morgan fingerprint density at radius 1 is 1.36 bits per heavy atom. The normalized spacial score (nSPS) is 11.5. The molecule has 1 aromatic carbocycles. The van der Waals surface area contributed by atoms with Crippen LogP contribution in [0.1, 0.15) is 30.3 Å². The summed E-state index contributed by atoms with van der Waals surface area (Å²) in [6, 6.07) is 9.35. The van der Waals surface area contributed by atoms with E-state index in [9.17, 15) is 4.79 Å². The predicted molar refractivity (Wildman–Crippen MR) is 88.1 cm³/mol. The van der Waals surface area contributed by atoms with Crippen LogP contribution in [0, 0.1) is 13.8 Å². The molecule has 0 saturated heterocycles. The lowest BCUT2D eigenvalue weighted by Crippen LogP contribution is -2.25. The molecule has 0 saturated carbocycles. The summed E-state index contributed by atoms with van der Waals surface area (Å²) in [4.78, 5) is 12.0. The molecule has 0 radical (unpaired) electrons. The monoisotopic (exact) mass is 318 g/mol. The molecule has 6 heteroatoms. The molecule has 2 rings (SSSR count). The van der Waals surface area contributed by atoms with E-state index in [1.54, 1.807) is 10.7 Å². The van der Waals surface area contributed by atoms with Gasteiger partial charge in [0, 0.05) is 10.7 Å². The first kappa shape index (κ1) is 16.2. The van der Waals surface area contributed by atoms with Crippen molar-refractivity contribution < 1.29 is 4.79 Å². The second-order valence-electron chi connectivity index (χ2n) is 5.04. The Morgan fingerprint density at radius 2 is 2.14 bits per heavy atom. The van der Waals surface area contributed by atoms with Crippen LogP contribution in [0.5, 0.6) is 0 Å². The number of aromatic nitrogens is 2. The zero-order valence-electron chi connectivity index (χ0n) is 12.9. The van der Waals surface area contributed by atoms with E-state index < -0.39 is 0 Å². The van der Waals surface area contributed by atoms with Gasteiger partial charge in [0.15, 0.2) is 0 Å². The van der Waals surface area contributed by atoms with Gasteiger partial charge in [-0.05, 0) is 44.0 Å². The Labute approximate surface area is 135 Å². The van der Waals surface area contributed by atoms with Crippen LogP contribution in [0.25, 0.3) is 0 Å². The number of rotatable bonds is 5. The summed E-state index contributed by atoms with van der Waals surface area (Å²) in [7, 11) is 0. The number of nitrogens with one attached hydrogen (secondary N) is 1. The Hall–Kier alpha value is -2.14. The van der Waals surface area contributed by atoms with E-state index in [-0.39, 0.29) is 12.5 Å². The molecule has 2 aromatic rings. The highest BCUT2D eigenvalue weighted by Crippen LogP contribution is 2.12. The Kier molecular flexibility index (Phi) is 5.33. The zero-order valence-corrected chi connectivity index (χ0v) is 13.7. The highest BCUT2D eigenvalue weighted by atomic mass is 35.5. The van der Waals surface area contributed by atoms with Crippen molar-refractivity contribution in [1.29, 1.82) is 0 Å². The van der Waals surface area contributed by atoms with Crippen molar-refractivity contribution in [2.45, 2.75) is 33.7 Å². The minimum atomic E-state index is -0.209. The predicted octanol–water partition coefficient (Wildman–Crippen LogP) is 3.08. The second-order valence-corrected chi connectivity index (χ2v) is 5.48. The molecule has 116 valence electrons. The highest BCUT2D eigenvalue weighted by Gasteiger charge is 2.07. The van der Waals surface area contributed by atoms with Crippen LogP contribution in [0.2, 0.25) is 5.02 Å². The van der Waals surface area contributed by atoms with Crippen LogP contribution < -0.4 is 5.43 Å².